The van der Waals surface area contributed by atoms with Crippen LogP contribution in [0.1, 0.15) is 13.3 Å². The van der Waals surface area contributed by atoms with E-state index < -0.39 is 5.97 Å². The summed E-state index contributed by atoms with van der Waals surface area (Å²) in [6.45, 7) is 1.78. The molecule has 2 aromatic rings. The SMILES string of the molecule is CC(CC(=O)O)Nc1ccc(-c2ccccn2)nn1. The smallest absolute Gasteiger partial charge is 0.305 e. The molecule has 6 nitrogen and oxygen atoms in total. The van der Waals surface area contributed by atoms with Gasteiger partial charge in [0.1, 0.15) is 11.5 Å². The summed E-state index contributed by atoms with van der Waals surface area (Å²) in [5, 5.41) is 19.7. The number of aromatic nitrogens is 3. The Bertz CT molecular complexity index is 542. The Morgan fingerprint density at radius 2 is 2.11 bits per heavy atom. The number of carboxylic acid groups (broad SMARTS) is 1. The molecule has 0 radical (unpaired) electrons. The monoisotopic (exact) mass is 258 g/mol. The van der Waals surface area contributed by atoms with E-state index in [1.54, 1.807) is 25.3 Å². The largest absolute Gasteiger partial charge is 0.481 e. The Balaban J connectivity index is 2.05. The molecule has 0 amide bonds. The van der Waals surface area contributed by atoms with Gasteiger partial charge in [0, 0.05) is 12.2 Å². The van der Waals surface area contributed by atoms with Gasteiger partial charge in [-0.05, 0) is 31.2 Å². The Kier molecular flexibility index (Phi) is 4.02. The van der Waals surface area contributed by atoms with Gasteiger partial charge in [0.15, 0.2) is 0 Å². The van der Waals surface area contributed by atoms with Gasteiger partial charge in [0.25, 0.3) is 0 Å². The van der Waals surface area contributed by atoms with Gasteiger partial charge < -0.3 is 10.4 Å². The summed E-state index contributed by atoms with van der Waals surface area (Å²) in [5.74, 6) is -0.300. The van der Waals surface area contributed by atoms with Crippen LogP contribution in [0.15, 0.2) is 36.5 Å². The van der Waals surface area contributed by atoms with Crippen LogP contribution in [0.4, 0.5) is 5.82 Å². The number of aliphatic carboxylic acids is 1. The van der Waals surface area contributed by atoms with Crippen LogP contribution in [-0.4, -0.2) is 32.3 Å². The van der Waals surface area contributed by atoms with Crippen molar-refractivity contribution in [3.63, 3.8) is 0 Å². The molecule has 0 fully saturated rings. The normalized spacial score (nSPS) is 11.8. The van der Waals surface area contributed by atoms with Crippen molar-refractivity contribution >= 4 is 11.8 Å². The third kappa shape index (κ3) is 3.74. The second-order valence-corrected chi connectivity index (χ2v) is 4.16. The average molecular weight is 258 g/mol. The molecule has 2 N–H and O–H groups in total. The lowest BCUT2D eigenvalue weighted by molar-refractivity contribution is -0.137. The first kappa shape index (κ1) is 12.9. The molecule has 0 aromatic carbocycles. The van der Waals surface area contributed by atoms with Crippen LogP contribution in [0.5, 0.6) is 0 Å². The van der Waals surface area contributed by atoms with Crippen molar-refractivity contribution in [3.8, 4) is 11.4 Å². The molecule has 0 saturated heterocycles. The molecule has 0 aliphatic rings. The van der Waals surface area contributed by atoms with Crippen LogP contribution >= 0.6 is 0 Å². The van der Waals surface area contributed by atoms with E-state index in [1.807, 2.05) is 18.2 Å². The molecule has 1 atom stereocenters. The number of carbonyl (C=O) groups is 1. The minimum absolute atomic E-state index is 0.0314. The Morgan fingerprint density at radius 3 is 2.68 bits per heavy atom. The van der Waals surface area contributed by atoms with Crippen molar-refractivity contribution in [2.75, 3.05) is 5.32 Å². The second kappa shape index (κ2) is 5.90. The van der Waals surface area contributed by atoms with Crippen LogP contribution in [0.25, 0.3) is 11.4 Å². The summed E-state index contributed by atoms with van der Waals surface area (Å²) in [6.07, 6.45) is 1.72. The minimum Gasteiger partial charge on any atom is -0.481 e. The fourth-order valence-electron chi connectivity index (χ4n) is 1.63. The number of pyridine rings is 1. The van der Waals surface area contributed by atoms with E-state index in [-0.39, 0.29) is 12.5 Å². The Labute approximate surface area is 110 Å². The fourth-order valence-corrected chi connectivity index (χ4v) is 1.63. The molecule has 2 heterocycles. The zero-order chi connectivity index (χ0) is 13.7. The number of hydrogen-bond donors (Lipinski definition) is 2. The fraction of sp³-hybridized carbons (Fsp3) is 0.231. The van der Waals surface area contributed by atoms with Gasteiger partial charge in [0.05, 0.1) is 12.1 Å². The second-order valence-electron chi connectivity index (χ2n) is 4.16. The maximum Gasteiger partial charge on any atom is 0.305 e. The molecule has 1 unspecified atom stereocenters. The molecule has 98 valence electrons. The molecule has 0 spiro atoms. The van der Waals surface area contributed by atoms with E-state index in [0.29, 0.717) is 11.5 Å². The first-order chi connectivity index (χ1) is 9.15. The minimum atomic E-state index is -0.849. The lowest BCUT2D eigenvalue weighted by Crippen LogP contribution is -2.20. The van der Waals surface area contributed by atoms with Gasteiger partial charge in [-0.25, -0.2) is 0 Å². The zero-order valence-electron chi connectivity index (χ0n) is 10.4. The van der Waals surface area contributed by atoms with Crippen LogP contribution in [0.3, 0.4) is 0 Å². The van der Waals surface area contributed by atoms with Crippen LogP contribution in [0, 0.1) is 0 Å². The topological polar surface area (TPSA) is 88.0 Å². The Hall–Kier alpha value is -2.50. The molecule has 0 aliphatic heterocycles. The zero-order valence-corrected chi connectivity index (χ0v) is 10.4. The van der Waals surface area contributed by atoms with Crippen molar-refractivity contribution in [1.29, 1.82) is 0 Å². The molecule has 0 saturated carbocycles. The highest BCUT2D eigenvalue weighted by Crippen LogP contribution is 2.14. The number of hydrogen-bond acceptors (Lipinski definition) is 5. The van der Waals surface area contributed by atoms with Crippen LogP contribution in [-0.2, 0) is 4.79 Å². The van der Waals surface area contributed by atoms with E-state index >= 15 is 0 Å². The number of nitrogens with zero attached hydrogens (tertiary/aromatic N) is 3. The van der Waals surface area contributed by atoms with Crippen LogP contribution < -0.4 is 5.32 Å². The van der Waals surface area contributed by atoms with E-state index in [1.165, 1.54) is 0 Å². The highest BCUT2D eigenvalue weighted by Gasteiger charge is 2.08. The maximum atomic E-state index is 10.6. The summed E-state index contributed by atoms with van der Waals surface area (Å²) in [6, 6.07) is 8.92. The summed E-state index contributed by atoms with van der Waals surface area (Å²) >= 11 is 0. The predicted molar refractivity (Wildman–Crippen MR) is 70.6 cm³/mol. The van der Waals surface area contributed by atoms with Gasteiger partial charge in [-0.1, -0.05) is 6.07 Å². The molecule has 2 rings (SSSR count). The van der Waals surface area contributed by atoms with Crippen LogP contribution in [0.2, 0.25) is 0 Å². The van der Waals surface area contributed by atoms with E-state index in [2.05, 4.69) is 20.5 Å². The highest BCUT2D eigenvalue weighted by atomic mass is 16.4. The van der Waals surface area contributed by atoms with E-state index in [0.717, 1.165) is 5.69 Å². The summed E-state index contributed by atoms with van der Waals surface area (Å²) in [4.78, 5) is 14.7. The first-order valence-corrected chi connectivity index (χ1v) is 5.88. The average Bonchev–Trinajstić information content (AvgIpc) is 2.39. The van der Waals surface area contributed by atoms with E-state index in [9.17, 15) is 4.79 Å². The van der Waals surface area contributed by atoms with Gasteiger partial charge in [-0.3, -0.25) is 9.78 Å². The lowest BCUT2D eigenvalue weighted by atomic mass is 10.2. The number of nitrogens with one attached hydrogen (secondary N) is 1. The van der Waals surface area contributed by atoms with Crippen molar-refractivity contribution in [2.45, 2.75) is 19.4 Å². The lowest BCUT2D eigenvalue weighted by Gasteiger charge is -2.11. The molecular formula is C13H14N4O2. The Morgan fingerprint density at radius 1 is 1.26 bits per heavy atom. The van der Waals surface area contributed by atoms with Crippen molar-refractivity contribution in [2.24, 2.45) is 0 Å². The number of anilines is 1. The predicted octanol–water partition coefficient (Wildman–Crippen LogP) is 1.81. The van der Waals surface area contributed by atoms with Gasteiger partial charge in [0.2, 0.25) is 0 Å². The third-order valence-corrected chi connectivity index (χ3v) is 2.47. The molecule has 2 aromatic heterocycles. The van der Waals surface area contributed by atoms with Gasteiger partial charge in [-0.2, -0.15) is 0 Å². The molecule has 0 aliphatic carbocycles. The number of rotatable bonds is 5. The molecule has 6 heteroatoms. The maximum absolute atomic E-state index is 10.6. The molecule has 19 heavy (non-hydrogen) atoms. The van der Waals surface area contributed by atoms with E-state index in [4.69, 9.17) is 5.11 Å². The standard InChI is InChI=1S/C13H14N4O2/c1-9(8-13(18)19)15-12-6-5-11(16-17-12)10-4-2-3-7-14-10/h2-7,9H,8H2,1H3,(H,15,17)(H,18,19). The highest BCUT2D eigenvalue weighted by molar-refractivity contribution is 5.68. The van der Waals surface area contributed by atoms with Gasteiger partial charge >= 0.3 is 5.97 Å². The quantitative estimate of drug-likeness (QED) is 0.850. The third-order valence-electron chi connectivity index (χ3n) is 2.47. The summed E-state index contributed by atoms with van der Waals surface area (Å²) in [5.41, 5.74) is 1.43. The summed E-state index contributed by atoms with van der Waals surface area (Å²) in [7, 11) is 0. The number of carboxylic acids is 1. The van der Waals surface area contributed by atoms with Crippen molar-refractivity contribution < 1.29 is 9.90 Å². The summed E-state index contributed by atoms with van der Waals surface area (Å²) < 4.78 is 0. The molecular weight excluding hydrogens is 244 g/mol. The van der Waals surface area contributed by atoms with Gasteiger partial charge in [-0.15, -0.1) is 10.2 Å². The molecule has 0 bridgehead atoms. The van der Waals surface area contributed by atoms with Crippen molar-refractivity contribution in [1.82, 2.24) is 15.2 Å². The van der Waals surface area contributed by atoms with Crippen molar-refractivity contribution in [3.05, 3.63) is 36.5 Å². The first-order valence-electron chi connectivity index (χ1n) is 5.88.